The molecule has 1 aromatic heterocycles. The number of anilines is 2. The molecule has 0 spiro atoms. The Hall–Kier alpha value is -0.190. The van der Waals surface area contributed by atoms with E-state index in [1.165, 1.54) is 56.3 Å². The molecule has 8 nitrogen and oxygen atoms in total. The number of nitrogens with zero attached hydrogens (tertiary/aromatic N) is 4. The van der Waals surface area contributed by atoms with Crippen molar-refractivity contribution in [3.63, 3.8) is 0 Å². The van der Waals surface area contributed by atoms with Crippen LogP contribution in [-0.2, 0) is 10.1 Å². The van der Waals surface area contributed by atoms with Crippen molar-refractivity contribution in [2.75, 3.05) is 36.1 Å². The zero-order valence-electron chi connectivity index (χ0n) is 18.0. The predicted molar refractivity (Wildman–Crippen MR) is 113 cm³/mol. The Balaban J connectivity index is 0.00000784. The SMILES string of the molecule is CCCCCCCCCCCCNc1nc(Cl)nc(N(C)CCS(=O)(=O)[O-])n1.[Na+]. The van der Waals surface area contributed by atoms with Crippen LogP contribution < -0.4 is 39.8 Å². The molecule has 0 aliphatic heterocycles. The van der Waals surface area contributed by atoms with Crippen molar-refractivity contribution < 1.29 is 42.5 Å². The van der Waals surface area contributed by atoms with Gasteiger partial charge in [-0.2, -0.15) is 15.0 Å². The van der Waals surface area contributed by atoms with E-state index in [1.807, 2.05) is 0 Å². The maximum absolute atomic E-state index is 10.8. The Morgan fingerprint density at radius 2 is 1.52 bits per heavy atom. The molecule has 1 rings (SSSR count). The van der Waals surface area contributed by atoms with Crippen molar-refractivity contribution in [3.8, 4) is 0 Å². The fourth-order valence-corrected chi connectivity index (χ4v) is 3.40. The molecular formula is C18H33ClN5NaO3S. The summed E-state index contributed by atoms with van der Waals surface area (Å²) in [6, 6.07) is 0. The number of hydrogen-bond acceptors (Lipinski definition) is 8. The molecule has 0 amide bonds. The molecule has 162 valence electrons. The second-order valence-electron chi connectivity index (χ2n) is 7.02. The summed E-state index contributed by atoms with van der Waals surface area (Å²) in [6.07, 6.45) is 12.7. The van der Waals surface area contributed by atoms with Crippen LogP contribution in [0.4, 0.5) is 11.9 Å². The Morgan fingerprint density at radius 3 is 2.07 bits per heavy atom. The molecule has 11 heteroatoms. The second kappa shape index (κ2) is 16.5. The summed E-state index contributed by atoms with van der Waals surface area (Å²) < 4.78 is 32.3. The summed E-state index contributed by atoms with van der Waals surface area (Å²) in [5, 5.41) is 3.15. The van der Waals surface area contributed by atoms with Gasteiger partial charge in [0.25, 0.3) is 0 Å². The van der Waals surface area contributed by atoms with Crippen LogP contribution in [-0.4, -0.2) is 53.8 Å². The molecule has 0 aliphatic rings. The zero-order valence-corrected chi connectivity index (χ0v) is 21.6. The molecule has 0 unspecified atom stereocenters. The normalized spacial score (nSPS) is 11.2. The average Bonchev–Trinajstić information content (AvgIpc) is 2.63. The number of nitrogens with one attached hydrogen (secondary N) is 1. The third kappa shape index (κ3) is 15.3. The van der Waals surface area contributed by atoms with Crippen molar-refractivity contribution in [2.45, 2.75) is 71.1 Å². The van der Waals surface area contributed by atoms with Crippen LogP contribution in [0.1, 0.15) is 71.1 Å². The molecule has 0 aromatic carbocycles. The molecule has 0 atom stereocenters. The Bertz CT molecular complexity index is 667. The number of halogens is 1. The molecule has 1 N–H and O–H groups in total. The number of hydrogen-bond donors (Lipinski definition) is 1. The minimum absolute atomic E-state index is 0. The Labute approximate surface area is 202 Å². The summed E-state index contributed by atoms with van der Waals surface area (Å²) in [5.74, 6) is 0.0609. The van der Waals surface area contributed by atoms with E-state index in [4.69, 9.17) is 11.6 Å². The summed E-state index contributed by atoms with van der Waals surface area (Å²) in [6.45, 7) is 2.96. The summed E-state index contributed by atoms with van der Waals surface area (Å²) >= 11 is 5.92. The van der Waals surface area contributed by atoms with E-state index in [2.05, 4.69) is 27.2 Å². The van der Waals surface area contributed by atoms with E-state index in [9.17, 15) is 13.0 Å². The van der Waals surface area contributed by atoms with Gasteiger partial charge < -0.3 is 14.8 Å². The first-order valence-corrected chi connectivity index (χ1v) is 12.1. The minimum atomic E-state index is -4.29. The minimum Gasteiger partial charge on any atom is -0.748 e. The second-order valence-corrected chi connectivity index (χ2v) is 8.88. The third-order valence-electron chi connectivity index (χ3n) is 4.43. The largest absolute Gasteiger partial charge is 1.00 e. The van der Waals surface area contributed by atoms with Gasteiger partial charge in [0, 0.05) is 20.1 Å². The number of aromatic nitrogens is 3. The van der Waals surface area contributed by atoms with E-state index in [1.54, 1.807) is 7.05 Å². The van der Waals surface area contributed by atoms with E-state index in [-0.39, 0.29) is 47.3 Å². The average molecular weight is 458 g/mol. The van der Waals surface area contributed by atoms with Gasteiger partial charge in [-0.3, -0.25) is 0 Å². The molecular weight excluding hydrogens is 425 g/mol. The Kier molecular flexibility index (Phi) is 16.4. The van der Waals surface area contributed by atoms with Crippen LogP contribution in [0, 0.1) is 0 Å². The predicted octanol–water partition coefficient (Wildman–Crippen LogP) is 0.843. The molecule has 0 saturated carbocycles. The van der Waals surface area contributed by atoms with Gasteiger partial charge in [0.05, 0.1) is 15.9 Å². The number of unbranched alkanes of at least 4 members (excludes halogenated alkanes) is 9. The van der Waals surface area contributed by atoms with Gasteiger partial charge in [-0.25, -0.2) is 8.42 Å². The topological polar surface area (TPSA) is 111 Å². The van der Waals surface area contributed by atoms with Crippen LogP contribution in [0.5, 0.6) is 0 Å². The van der Waals surface area contributed by atoms with Gasteiger partial charge >= 0.3 is 29.6 Å². The molecule has 1 heterocycles. The third-order valence-corrected chi connectivity index (χ3v) is 5.28. The van der Waals surface area contributed by atoms with Gasteiger partial charge in [-0.1, -0.05) is 64.7 Å². The zero-order chi connectivity index (χ0) is 20.8. The fraction of sp³-hybridized carbons (Fsp3) is 0.833. The van der Waals surface area contributed by atoms with Crippen molar-refractivity contribution in [2.24, 2.45) is 0 Å². The van der Waals surface area contributed by atoms with E-state index >= 15 is 0 Å². The fourth-order valence-electron chi connectivity index (χ4n) is 2.75. The smallest absolute Gasteiger partial charge is 0.748 e. The van der Waals surface area contributed by atoms with Crippen molar-refractivity contribution >= 4 is 33.6 Å². The molecule has 0 bridgehead atoms. The molecule has 0 fully saturated rings. The monoisotopic (exact) mass is 457 g/mol. The van der Waals surface area contributed by atoms with Crippen LogP contribution in [0.15, 0.2) is 0 Å². The number of rotatable bonds is 16. The standard InChI is InChI=1S/C18H34ClN5O3S.Na/c1-3-4-5-6-7-8-9-10-11-12-13-20-17-21-16(19)22-18(23-17)24(2)14-15-28(25,26)27;/h3-15H2,1-2H3,(H,25,26,27)(H,20,21,22,23);/q;+1/p-1. The van der Waals surface area contributed by atoms with E-state index < -0.39 is 15.9 Å². The van der Waals surface area contributed by atoms with Crippen LogP contribution in [0.3, 0.4) is 0 Å². The van der Waals surface area contributed by atoms with Gasteiger partial charge in [-0.05, 0) is 18.0 Å². The molecule has 0 saturated heterocycles. The van der Waals surface area contributed by atoms with Gasteiger partial charge in [0.2, 0.25) is 17.2 Å². The van der Waals surface area contributed by atoms with Crippen LogP contribution in [0.2, 0.25) is 5.28 Å². The van der Waals surface area contributed by atoms with Gasteiger partial charge in [-0.15, -0.1) is 0 Å². The first kappa shape index (κ1) is 28.8. The van der Waals surface area contributed by atoms with Gasteiger partial charge in [0.15, 0.2) is 0 Å². The molecule has 1 aromatic rings. The summed E-state index contributed by atoms with van der Waals surface area (Å²) in [7, 11) is -2.69. The van der Waals surface area contributed by atoms with Crippen molar-refractivity contribution in [3.05, 3.63) is 5.28 Å². The maximum atomic E-state index is 10.8. The first-order chi connectivity index (χ1) is 13.3. The van der Waals surface area contributed by atoms with E-state index in [0.29, 0.717) is 5.95 Å². The quantitative estimate of drug-likeness (QED) is 0.221. The molecule has 0 radical (unpaired) electrons. The maximum Gasteiger partial charge on any atom is 1.00 e. The first-order valence-electron chi connectivity index (χ1n) is 10.1. The van der Waals surface area contributed by atoms with Crippen molar-refractivity contribution in [1.29, 1.82) is 0 Å². The summed E-state index contributed by atoms with van der Waals surface area (Å²) in [4.78, 5) is 13.7. The van der Waals surface area contributed by atoms with E-state index in [0.717, 1.165) is 19.4 Å². The molecule has 0 aliphatic carbocycles. The Morgan fingerprint density at radius 1 is 0.966 bits per heavy atom. The molecule has 29 heavy (non-hydrogen) atoms. The summed E-state index contributed by atoms with van der Waals surface area (Å²) in [5.41, 5.74) is 0. The van der Waals surface area contributed by atoms with Crippen LogP contribution in [0.25, 0.3) is 0 Å². The van der Waals surface area contributed by atoms with Crippen LogP contribution >= 0.6 is 11.6 Å². The van der Waals surface area contributed by atoms with Gasteiger partial charge in [0.1, 0.15) is 0 Å². The van der Waals surface area contributed by atoms with Crippen molar-refractivity contribution in [1.82, 2.24) is 15.0 Å².